The van der Waals surface area contributed by atoms with E-state index < -0.39 is 0 Å². The molecule has 1 aromatic heterocycles. The Balaban J connectivity index is 2.72. The largest absolute Gasteiger partial charge is 0.393 e. The highest BCUT2D eigenvalue weighted by molar-refractivity contribution is 5.15. The second-order valence-corrected chi connectivity index (χ2v) is 4.71. The summed E-state index contributed by atoms with van der Waals surface area (Å²) in [5.41, 5.74) is 7.16. The van der Waals surface area contributed by atoms with Gasteiger partial charge in [0.25, 0.3) is 0 Å². The van der Waals surface area contributed by atoms with E-state index in [4.69, 9.17) is 5.73 Å². The Morgan fingerprint density at radius 3 is 2.65 bits per heavy atom. The molecule has 17 heavy (non-hydrogen) atoms. The van der Waals surface area contributed by atoms with Gasteiger partial charge in [-0.15, -0.1) is 0 Å². The first kappa shape index (κ1) is 14.1. The summed E-state index contributed by atoms with van der Waals surface area (Å²) in [6.07, 6.45) is 4.09. The summed E-state index contributed by atoms with van der Waals surface area (Å²) in [6, 6.07) is 4.13. The molecule has 0 bridgehead atoms. The van der Waals surface area contributed by atoms with Crippen LogP contribution in [0, 0.1) is 0 Å². The third-order valence-corrected chi connectivity index (χ3v) is 2.90. The van der Waals surface area contributed by atoms with E-state index in [-0.39, 0.29) is 18.2 Å². The summed E-state index contributed by atoms with van der Waals surface area (Å²) < 4.78 is 0. The Bertz CT molecular complexity index is 314. The molecule has 1 rings (SSSR count). The van der Waals surface area contributed by atoms with Crippen molar-refractivity contribution in [3.63, 3.8) is 0 Å². The molecule has 0 fully saturated rings. The van der Waals surface area contributed by atoms with Crippen LogP contribution in [-0.2, 0) is 0 Å². The van der Waals surface area contributed by atoms with Gasteiger partial charge >= 0.3 is 0 Å². The van der Waals surface area contributed by atoms with E-state index in [2.05, 4.69) is 9.88 Å². The monoisotopic (exact) mass is 237 g/mol. The number of pyridine rings is 1. The molecule has 1 aromatic rings. The standard InChI is InChI=1S/C13H23N3O/c1-10(17)6-8-16(3)13(11(2)14)12-5-4-7-15-9-12/h4-5,7,9-11,13,17H,6,8,14H2,1-3H3. The van der Waals surface area contributed by atoms with E-state index in [1.165, 1.54) is 0 Å². The van der Waals surface area contributed by atoms with Crippen LogP contribution < -0.4 is 5.73 Å². The van der Waals surface area contributed by atoms with Crippen LogP contribution in [0.1, 0.15) is 31.9 Å². The van der Waals surface area contributed by atoms with Crippen LogP contribution >= 0.6 is 0 Å². The molecule has 0 radical (unpaired) electrons. The van der Waals surface area contributed by atoms with E-state index in [0.717, 1.165) is 18.5 Å². The van der Waals surface area contributed by atoms with Crippen molar-refractivity contribution < 1.29 is 5.11 Å². The maximum absolute atomic E-state index is 9.32. The number of hydrogen-bond donors (Lipinski definition) is 2. The number of hydrogen-bond acceptors (Lipinski definition) is 4. The minimum Gasteiger partial charge on any atom is -0.393 e. The van der Waals surface area contributed by atoms with Gasteiger partial charge in [-0.1, -0.05) is 6.07 Å². The number of likely N-dealkylation sites (N-methyl/N-ethyl adjacent to an activating group) is 1. The zero-order valence-corrected chi connectivity index (χ0v) is 10.9. The minimum absolute atomic E-state index is 0.0261. The van der Waals surface area contributed by atoms with Crippen molar-refractivity contribution >= 4 is 0 Å². The molecule has 1 heterocycles. The Labute approximate surface area is 103 Å². The zero-order chi connectivity index (χ0) is 12.8. The summed E-state index contributed by atoms with van der Waals surface area (Å²) in [5, 5.41) is 9.32. The molecule has 0 saturated heterocycles. The second kappa shape index (κ2) is 6.69. The summed E-state index contributed by atoms with van der Waals surface area (Å²) in [7, 11) is 2.03. The molecule has 0 saturated carbocycles. The highest BCUT2D eigenvalue weighted by Crippen LogP contribution is 2.21. The van der Waals surface area contributed by atoms with Crippen molar-refractivity contribution in [3.05, 3.63) is 30.1 Å². The fourth-order valence-corrected chi connectivity index (χ4v) is 2.04. The predicted molar refractivity (Wildman–Crippen MR) is 69.6 cm³/mol. The van der Waals surface area contributed by atoms with Crippen LogP contribution in [0.15, 0.2) is 24.5 Å². The summed E-state index contributed by atoms with van der Waals surface area (Å²) >= 11 is 0. The van der Waals surface area contributed by atoms with E-state index >= 15 is 0 Å². The highest BCUT2D eigenvalue weighted by atomic mass is 16.3. The zero-order valence-electron chi connectivity index (χ0n) is 10.9. The van der Waals surface area contributed by atoms with Crippen molar-refractivity contribution in [2.24, 2.45) is 5.73 Å². The summed E-state index contributed by atoms with van der Waals surface area (Å²) in [5.74, 6) is 0. The highest BCUT2D eigenvalue weighted by Gasteiger charge is 2.21. The van der Waals surface area contributed by atoms with Gasteiger partial charge in [-0.3, -0.25) is 9.88 Å². The Morgan fingerprint density at radius 1 is 1.47 bits per heavy atom. The SMILES string of the molecule is CC(O)CCN(C)C(c1cccnc1)C(C)N. The second-order valence-electron chi connectivity index (χ2n) is 4.71. The molecule has 4 nitrogen and oxygen atoms in total. The number of aliphatic hydroxyl groups is 1. The number of nitrogens with two attached hydrogens (primary N) is 1. The fraction of sp³-hybridized carbons (Fsp3) is 0.615. The molecule has 3 N–H and O–H groups in total. The van der Waals surface area contributed by atoms with Crippen LogP contribution in [0.25, 0.3) is 0 Å². The van der Waals surface area contributed by atoms with E-state index in [1.807, 2.05) is 32.3 Å². The minimum atomic E-state index is -0.278. The van der Waals surface area contributed by atoms with Crippen molar-refractivity contribution in [2.75, 3.05) is 13.6 Å². The topological polar surface area (TPSA) is 62.4 Å². The van der Waals surface area contributed by atoms with Gasteiger partial charge in [0.05, 0.1) is 12.1 Å². The molecule has 0 aliphatic heterocycles. The molecule has 0 aliphatic rings. The van der Waals surface area contributed by atoms with Crippen molar-refractivity contribution in [1.29, 1.82) is 0 Å². The first-order valence-electron chi connectivity index (χ1n) is 6.06. The molecule has 0 aromatic carbocycles. The van der Waals surface area contributed by atoms with Gasteiger partial charge in [-0.25, -0.2) is 0 Å². The maximum Gasteiger partial charge on any atom is 0.0524 e. The van der Waals surface area contributed by atoms with Crippen LogP contribution in [-0.4, -0.2) is 40.7 Å². The van der Waals surface area contributed by atoms with Crippen LogP contribution in [0.3, 0.4) is 0 Å². The van der Waals surface area contributed by atoms with Crippen LogP contribution in [0.5, 0.6) is 0 Å². The van der Waals surface area contributed by atoms with Gasteiger partial charge in [-0.05, 0) is 38.9 Å². The number of aromatic nitrogens is 1. The Hall–Kier alpha value is -0.970. The fourth-order valence-electron chi connectivity index (χ4n) is 2.04. The lowest BCUT2D eigenvalue weighted by Crippen LogP contribution is -2.38. The average Bonchev–Trinajstić information content (AvgIpc) is 2.27. The number of aliphatic hydroxyl groups excluding tert-OH is 1. The van der Waals surface area contributed by atoms with Gasteiger partial charge in [-0.2, -0.15) is 0 Å². The summed E-state index contributed by atoms with van der Waals surface area (Å²) in [4.78, 5) is 6.31. The van der Waals surface area contributed by atoms with Crippen molar-refractivity contribution in [3.8, 4) is 0 Å². The molecule has 3 unspecified atom stereocenters. The lowest BCUT2D eigenvalue weighted by molar-refractivity contribution is 0.143. The average molecular weight is 237 g/mol. The summed E-state index contributed by atoms with van der Waals surface area (Å²) in [6.45, 7) is 4.62. The molecule has 0 amide bonds. The van der Waals surface area contributed by atoms with E-state index in [0.29, 0.717) is 0 Å². The first-order valence-corrected chi connectivity index (χ1v) is 6.06. The third kappa shape index (κ3) is 4.42. The van der Waals surface area contributed by atoms with Crippen molar-refractivity contribution in [1.82, 2.24) is 9.88 Å². The molecule has 3 atom stereocenters. The Kier molecular flexibility index (Phi) is 5.55. The van der Waals surface area contributed by atoms with Gasteiger partial charge in [0.15, 0.2) is 0 Å². The first-order chi connectivity index (χ1) is 8.02. The van der Waals surface area contributed by atoms with Crippen molar-refractivity contribution in [2.45, 2.75) is 38.5 Å². The van der Waals surface area contributed by atoms with Crippen LogP contribution in [0.4, 0.5) is 0 Å². The number of rotatable bonds is 6. The lowest BCUT2D eigenvalue weighted by atomic mass is 10.0. The van der Waals surface area contributed by atoms with Gasteiger partial charge in [0.1, 0.15) is 0 Å². The van der Waals surface area contributed by atoms with Crippen LogP contribution in [0.2, 0.25) is 0 Å². The molecular weight excluding hydrogens is 214 g/mol. The quantitative estimate of drug-likeness (QED) is 0.779. The Morgan fingerprint density at radius 2 is 2.18 bits per heavy atom. The molecule has 4 heteroatoms. The normalized spacial score (nSPS) is 16.8. The van der Waals surface area contributed by atoms with Gasteiger partial charge < -0.3 is 10.8 Å². The lowest BCUT2D eigenvalue weighted by Gasteiger charge is -2.31. The third-order valence-electron chi connectivity index (χ3n) is 2.90. The molecular formula is C13H23N3O. The van der Waals surface area contributed by atoms with Gasteiger partial charge in [0.2, 0.25) is 0 Å². The molecule has 0 aliphatic carbocycles. The van der Waals surface area contributed by atoms with E-state index in [1.54, 1.807) is 13.1 Å². The molecule has 0 spiro atoms. The smallest absolute Gasteiger partial charge is 0.0524 e. The van der Waals surface area contributed by atoms with Gasteiger partial charge in [0, 0.05) is 25.0 Å². The maximum atomic E-state index is 9.32. The molecule has 96 valence electrons. The van der Waals surface area contributed by atoms with E-state index in [9.17, 15) is 5.11 Å². The predicted octanol–water partition coefficient (Wildman–Crippen LogP) is 1.17. The number of nitrogens with zero attached hydrogens (tertiary/aromatic N) is 2.